The number of aromatic amines is 1. The Kier molecular flexibility index (Phi) is 16.2. The number of morpholine rings is 2. The van der Waals surface area contributed by atoms with E-state index in [1.54, 1.807) is 30.3 Å². The van der Waals surface area contributed by atoms with Gasteiger partial charge in [-0.25, -0.2) is 23.4 Å². The number of fused-ring (bicyclic) bond motifs is 1. The molecular formula is C42H50F2N6O9. The quantitative estimate of drug-likeness (QED) is 0.0885. The number of rotatable bonds is 13. The molecule has 0 amide bonds. The molecule has 17 heteroatoms. The van der Waals surface area contributed by atoms with Crippen molar-refractivity contribution in [1.82, 2.24) is 19.8 Å². The zero-order valence-corrected chi connectivity index (χ0v) is 33.0. The van der Waals surface area contributed by atoms with Gasteiger partial charge in [-0.05, 0) is 73.2 Å². The van der Waals surface area contributed by atoms with E-state index in [2.05, 4.69) is 19.8 Å². The van der Waals surface area contributed by atoms with Crippen molar-refractivity contribution >= 4 is 34.3 Å². The first kappa shape index (κ1) is 44.1. The van der Waals surface area contributed by atoms with Gasteiger partial charge in [0.05, 0.1) is 67.1 Å². The Morgan fingerprint density at radius 2 is 1.37 bits per heavy atom. The topological polar surface area (TPSA) is 208 Å². The summed E-state index contributed by atoms with van der Waals surface area (Å²) >= 11 is 0. The maximum Gasteiger partial charge on any atom is 0.337 e. The zero-order chi connectivity index (χ0) is 42.3. The van der Waals surface area contributed by atoms with Crippen LogP contribution in [0.3, 0.4) is 0 Å². The van der Waals surface area contributed by atoms with Gasteiger partial charge in [-0.2, -0.15) is 0 Å². The Morgan fingerprint density at radius 3 is 1.92 bits per heavy atom. The first-order valence-electron chi connectivity index (χ1n) is 19.0. The second-order valence-corrected chi connectivity index (χ2v) is 13.5. The maximum absolute atomic E-state index is 12.8. The number of aromatic nitrogens is 2. The average molecular weight is 821 g/mol. The lowest BCUT2D eigenvalue weighted by Crippen LogP contribution is -2.38. The van der Waals surface area contributed by atoms with Crippen LogP contribution < -0.4 is 25.7 Å². The number of hydrogen-bond donors (Lipinski definition) is 5. The van der Waals surface area contributed by atoms with Crippen LogP contribution in [0, 0.1) is 6.92 Å². The number of nitrogens with one attached hydrogen (secondary N) is 1. The number of imidazole rings is 1. The summed E-state index contributed by atoms with van der Waals surface area (Å²) in [6.07, 6.45) is -2.58. The molecule has 1 aromatic heterocycles. The van der Waals surface area contributed by atoms with E-state index in [-0.39, 0.29) is 28.1 Å². The molecule has 7 rings (SSSR count). The maximum atomic E-state index is 12.8. The molecule has 7 N–H and O–H groups in total. The summed E-state index contributed by atoms with van der Waals surface area (Å²) < 4.78 is 52.6. The van der Waals surface area contributed by atoms with E-state index in [0.29, 0.717) is 41.5 Å². The number of methoxy groups -OCH3 is 1. The number of carboxylic acid groups (broad SMARTS) is 2. The molecule has 2 aliphatic rings. The Bertz CT molecular complexity index is 2160. The number of para-hydroxylation sites is 2. The number of hydrogen-bond acceptors (Lipinski definition) is 12. The molecule has 15 nitrogen and oxygen atoms in total. The number of halogens is 2. The van der Waals surface area contributed by atoms with E-state index in [1.807, 2.05) is 31.2 Å². The zero-order valence-electron chi connectivity index (χ0n) is 33.0. The summed E-state index contributed by atoms with van der Waals surface area (Å²) in [7, 11) is 1.38. The van der Waals surface area contributed by atoms with Gasteiger partial charge >= 0.3 is 11.9 Å². The lowest BCUT2D eigenvalue weighted by Gasteiger charge is -2.26. The number of aryl methyl sites for hydroxylation is 1. The Morgan fingerprint density at radius 1 is 0.814 bits per heavy atom. The van der Waals surface area contributed by atoms with Crippen molar-refractivity contribution in [3.05, 3.63) is 95.1 Å². The number of alkyl halides is 2. The summed E-state index contributed by atoms with van der Waals surface area (Å²) in [4.78, 5) is 34.1. The monoisotopic (exact) mass is 820 g/mol. The van der Waals surface area contributed by atoms with E-state index >= 15 is 0 Å². The van der Waals surface area contributed by atoms with Crippen molar-refractivity contribution in [2.24, 2.45) is 0 Å². The van der Waals surface area contributed by atoms with Gasteiger partial charge in [0.1, 0.15) is 41.8 Å². The van der Waals surface area contributed by atoms with Crippen molar-refractivity contribution < 1.29 is 52.3 Å². The lowest BCUT2D eigenvalue weighted by atomic mass is 10.1. The SMILES string of the molecule is COc1ccc(OCCN2CCOCC2)cc1C(F)F.Cc1cc(OCCN2CCOCC2)ccc1-c1nc2c(C(=O)O)cccc2[nH]1.Nc1cccc(C(=O)O)c1N. The Hall–Kier alpha value is -6.01. The highest BCUT2D eigenvalue weighted by Gasteiger charge is 2.17. The summed E-state index contributed by atoms with van der Waals surface area (Å²) in [5.41, 5.74) is 14.4. The number of carboxylic acids is 2. The third kappa shape index (κ3) is 12.5. The largest absolute Gasteiger partial charge is 0.496 e. The third-order valence-electron chi connectivity index (χ3n) is 9.56. The fourth-order valence-electron chi connectivity index (χ4n) is 6.30. The van der Waals surface area contributed by atoms with Crippen molar-refractivity contribution in [1.29, 1.82) is 0 Å². The highest BCUT2D eigenvalue weighted by Crippen LogP contribution is 2.32. The molecule has 5 aromatic rings. The predicted molar refractivity (Wildman–Crippen MR) is 219 cm³/mol. The van der Waals surface area contributed by atoms with Gasteiger partial charge in [0.15, 0.2) is 0 Å². The van der Waals surface area contributed by atoms with Crippen molar-refractivity contribution in [3.8, 4) is 28.6 Å². The number of aromatic carboxylic acids is 2. The van der Waals surface area contributed by atoms with Crippen LogP contribution in [-0.4, -0.2) is 128 Å². The van der Waals surface area contributed by atoms with Crippen LogP contribution in [-0.2, 0) is 9.47 Å². The second kappa shape index (κ2) is 21.7. The molecule has 0 bridgehead atoms. The van der Waals surface area contributed by atoms with Crippen molar-refractivity contribution in [2.45, 2.75) is 13.3 Å². The van der Waals surface area contributed by atoms with Gasteiger partial charge < -0.3 is 50.3 Å². The highest BCUT2D eigenvalue weighted by atomic mass is 19.3. The summed E-state index contributed by atoms with van der Waals surface area (Å²) in [6, 6.07) is 20.0. The van der Waals surface area contributed by atoms with Crippen LogP contribution in [0.2, 0.25) is 0 Å². The van der Waals surface area contributed by atoms with Crippen LogP contribution in [0.5, 0.6) is 17.2 Å². The van der Waals surface area contributed by atoms with Crippen LogP contribution in [0.15, 0.2) is 72.8 Å². The van der Waals surface area contributed by atoms with Gasteiger partial charge in [0.2, 0.25) is 0 Å². The molecule has 0 atom stereocenters. The predicted octanol–water partition coefficient (Wildman–Crippen LogP) is 5.84. The molecule has 59 heavy (non-hydrogen) atoms. The van der Waals surface area contributed by atoms with Crippen molar-refractivity contribution in [3.63, 3.8) is 0 Å². The number of benzene rings is 4. The molecule has 0 saturated carbocycles. The number of nitrogens with two attached hydrogens (primary N) is 2. The molecule has 0 radical (unpaired) electrons. The van der Waals surface area contributed by atoms with Crippen molar-refractivity contribution in [2.75, 3.05) is 97.5 Å². The third-order valence-corrected chi connectivity index (χ3v) is 9.56. The number of carbonyl (C=O) groups is 2. The number of H-pyrrole nitrogens is 1. The molecule has 3 heterocycles. The normalized spacial score (nSPS) is 14.5. The first-order chi connectivity index (χ1) is 28.4. The molecule has 0 unspecified atom stereocenters. The molecule has 2 saturated heterocycles. The second-order valence-electron chi connectivity index (χ2n) is 13.5. The van der Waals surface area contributed by atoms with E-state index < -0.39 is 18.4 Å². The van der Waals surface area contributed by atoms with Crippen LogP contribution in [0.4, 0.5) is 20.2 Å². The smallest absolute Gasteiger partial charge is 0.337 e. The minimum atomic E-state index is -2.58. The average Bonchev–Trinajstić information content (AvgIpc) is 3.67. The number of anilines is 2. The van der Waals surface area contributed by atoms with Crippen LogP contribution in [0.25, 0.3) is 22.4 Å². The van der Waals surface area contributed by atoms with E-state index in [0.717, 1.165) is 82.6 Å². The molecule has 2 aliphatic heterocycles. The van der Waals surface area contributed by atoms with Gasteiger partial charge in [-0.3, -0.25) is 9.80 Å². The molecule has 2 fully saturated rings. The molecular weight excluding hydrogens is 770 g/mol. The summed E-state index contributed by atoms with van der Waals surface area (Å²) in [5, 5.41) is 17.9. The van der Waals surface area contributed by atoms with Gasteiger partial charge in [0.25, 0.3) is 6.43 Å². The first-order valence-corrected chi connectivity index (χ1v) is 19.0. The Labute approximate surface area is 340 Å². The van der Waals surface area contributed by atoms with Crippen LogP contribution in [0.1, 0.15) is 38.3 Å². The van der Waals surface area contributed by atoms with Gasteiger partial charge in [0, 0.05) is 44.8 Å². The Balaban J connectivity index is 0.000000186. The number of ether oxygens (including phenoxy) is 5. The number of nitrogens with zero attached hydrogens (tertiary/aromatic N) is 3. The summed E-state index contributed by atoms with van der Waals surface area (Å²) in [5.74, 6) is 0.0481. The standard InChI is InChI=1S/C21H23N3O4.C14H19F2NO3.C7H8N2O2/c1-14-13-15(28-12-9-24-7-10-27-11-8-24)5-6-16(14)20-22-18-4-2-3-17(21(25)26)19(18)23-20;1-18-13-3-2-11(10-12(13)14(15)16)20-9-6-17-4-7-19-8-5-17;8-5-3-1-2-4(6(5)9)7(10)11/h2-6,13H,7-12H2,1H3,(H,22,23)(H,25,26);2-3,10,14H,4-9H2,1H3;1-3H,8-9H2,(H,10,11). The molecule has 0 spiro atoms. The van der Waals surface area contributed by atoms with Gasteiger partial charge in [-0.1, -0.05) is 12.1 Å². The molecule has 4 aromatic carbocycles. The lowest BCUT2D eigenvalue weighted by molar-refractivity contribution is 0.0321. The highest BCUT2D eigenvalue weighted by molar-refractivity contribution is 6.01. The fourth-order valence-corrected chi connectivity index (χ4v) is 6.30. The molecule has 0 aliphatic carbocycles. The van der Waals surface area contributed by atoms with E-state index in [9.17, 15) is 23.5 Å². The van der Waals surface area contributed by atoms with E-state index in [4.69, 9.17) is 40.3 Å². The van der Waals surface area contributed by atoms with E-state index in [1.165, 1.54) is 25.3 Å². The minimum Gasteiger partial charge on any atom is -0.496 e. The summed E-state index contributed by atoms with van der Waals surface area (Å²) in [6.45, 7) is 11.4. The minimum absolute atomic E-state index is 0.0463. The van der Waals surface area contributed by atoms with Crippen LogP contribution >= 0.6 is 0 Å². The number of nitrogen functional groups attached to an aromatic ring is 2. The van der Waals surface area contributed by atoms with Gasteiger partial charge in [-0.15, -0.1) is 0 Å². The molecule has 316 valence electrons. The fraction of sp³-hybridized carbons (Fsp3) is 0.357.